The van der Waals surface area contributed by atoms with Crippen LogP contribution in [-0.2, 0) is 4.79 Å². The minimum absolute atomic E-state index is 0.472. The van der Waals surface area contributed by atoms with Gasteiger partial charge in [0.2, 0.25) is 0 Å². The molecule has 0 spiro atoms. The molecule has 1 N–H and O–H groups in total. The summed E-state index contributed by atoms with van der Waals surface area (Å²) < 4.78 is 0. The molecule has 1 atom stereocenters. The Hall–Kier alpha value is -2.09. The van der Waals surface area contributed by atoms with Crippen LogP contribution in [0.2, 0.25) is 0 Å². The Morgan fingerprint density at radius 1 is 1.10 bits per heavy atom. The van der Waals surface area contributed by atoms with Crippen LogP contribution in [0.5, 0.6) is 0 Å². The monoisotopic (exact) mass is 286 g/mol. The Balaban J connectivity index is 4.59. The van der Waals surface area contributed by atoms with E-state index >= 15 is 0 Å². The van der Waals surface area contributed by atoms with Gasteiger partial charge in [0.1, 0.15) is 0 Å². The summed E-state index contributed by atoms with van der Waals surface area (Å²) in [4.78, 5) is 10.3. The number of carbonyl (C=O) groups is 1. The van der Waals surface area contributed by atoms with Gasteiger partial charge in [0.05, 0.1) is 0 Å². The average Bonchev–Trinajstić information content (AvgIpc) is 2.40. The fourth-order valence-corrected chi connectivity index (χ4v) is 1.77. The van der Waals surface area contributed by atoms with Crippen LogP contribution in [0, 0.1) is 5.92 Å². The maximum atomic E-state index is 10.3. The third-order valence-corrected chi connectivity index (χ3v) is 2.85. The minimum Gasteiger partial charge on any atom is -0.478 e. The molecule has 0 saturated heterocycles. The Kier molecular flexibility index (Phi) is 9.61. The second kappa shape index (κ2) is 10.7. The van der Waals surface area contributed by atoms with Crippen molar-refractivity contribution in [3.8, 4) is 0 Å². The minimum atomic E-state index is -0.936. The smallest absolute Gasteiger partial charge is 0.328 e. The average molecular weight is 286 g/mol. The second-order valence-corrected chi connectivity index (χ2v) is 5.22. The van der Waals surface area contributed by atoms with E-state index in [0.717, 1.165) is 18.1 Å². The molecule has 0 radical (unpaired) electrons. The lowest BCUT2D eigenvalue weighted by Crippen LogP contribution is -1.89. The zero-order valence-corrected chi connectivity index (χ0v) is 13.5. The standard InChI is InChI=1S/C19H26O2/c1-6-15(2)11-12-17(4)14-18(5)13-16(3)9-7-8-10-19(20)21/h6-11,13-14,17H,1,12H2,2-5H3,(H,20,21). The van der Waals surface area contributed by atoms with Gasteiger partial charge in [-0.1, -0.05) is 72.8 Å². The molecule has 0 aromatic heterocycles. The van der Waals surface area contributed by atoms with Crippen molar-refractivity contribution in [3.05, 3.63) is 71.9 Å². The molecule has 0 aromatic carbocycles. The Morgan fingerprint density at radius 3 is 2.29 bits per heavy atom. The summed E-state index contributed by atoms with van der Waals surface area (Å²) in [6.07, 6.45) is 15.6. The summed E-state index contributed by atoms with van der Waals surface area (Å²) in [6, 6.07) is 0. The van der Waals surface area contributed by atoms with Crippen LogP contribution in [0.1, 0.15) is 34.1 Å². The van der Waals surface area contributed by atoms with Crippen LogP contribution in [0.4, 0.5) is 0 Å². The zero-order valence-electron chi connectivity index (χ0n) is 13.5. The third kappa shape index (κ3) is 11.4. The van der Waals surface area contributed by atoms with Gasteiger partial charge >= 0.3 is 5.97 Å². The Bertz CT molecular complexity index is 500. The molecular weight excluding hydrogens is 260 g/mol. The van der Waals surface area contributed by atoms with Crippen molar-refractivity contribution in [1.82, 2.24) is 0 Å². The van der Waals surface area contributed by atoms with Crippen LogP contribution < -0.4 is 0 Å². The van der Waals surface area contributed by atoms with Gasteiger partial charge < -0.3 is 5.11 Å². The zero-order chi connectivity index (χ0) is 16.3. The van der Waals surface area contributed by atoms with Crippen molar-refractivity contribution >= 4 is 5.97 Å². The molecule has 0 aliphatic heterocycles. The highest BCUT2D eigenvalue weighted by molar-refractivity contribution is 5.80. The van der Waals surface area contributed by atoms with Crippen LogP contribution >= 0.6 is 0 Å². The summed E-state index contributed by atoms with van der Waals surface area (Å²) in [6.45, 7) is 12.0. The SMILES string of the molecule is C=CC(C)=CCC(C)C=C(C)C=C(C)C=CC=CC(=O)O. The number of hydrogen-bond acceptors (Lipinski definition) is 1. The van der Waals surface area contributed by atoms with Gasteiger partial charge in [0.25, 0.3) is 0 Å². The molecule has 2 heteroatoms. The van der Waals surface area contributed by atoms with Gasteiger partial charge in [-0.15, -0.1) is 0 Å². The molecule has 0 heterocycles. The predicted octanol–water partition coefficient (Wildman–Crippen LogP) is 5.23. The van der Waals surface area contributed by atoms with E-state index in [1.54, 1.807) is 6.08 Å². The summed E-state index contributed by atoms with van der Waals surface area (Å²) >= 11 is 0. The molecule has 21 heavy (non-hydrogen) atoms. The number of carboxylic acid groups (broad SMARTS) is 1. The van der Waals surface area contributed by atoms with Gasteiger partial charge in [-0.25, -0.2) is 4.79 Å². The molecule has 114 valence electrons. The van der Waals surface area contributed by atoms with E-state index in [2.05, 4.69) is 45.6 Å². The number of hydrogen-bond donors (Lipinski definition) is 1. The second-order valence-electron chi connectivity index (χ2n) is 5.22. The molecule has 0 bridgehead atoms. The maximum absolute atomic E-state index is 10.3. The predicted molar refractivity (Wildman–Crippen MR) is 91.2 cm³/mol. The lowest BCUT2D eigenvalue weighted by Gasteiger charge is -2.04. The fraction of sp³-hybridized carbons (Fsp3) is 0.316. The number of allylic oxidation sites excluding steroid dienone is 10. The molecule has 0 rings (SSSR count). The lowest BCUT2D eigenvalue weighted by molar-refractivity contribution is -0.131. The summed E-state index contributed by atoms with van der Waals surface area (Å²) in [5.74, 6) is -0.464. The van der Waals surface area contributed by atoms with Crippen molar-refractivity contribution in [2.24, 2.45) is 5.92 Å². The normalized spacial score (nSPS) is 15.7. The van der Waals surface area contributed by atoms with Crippen LogP contribution in [0.15, 0.2) is 71.9 Å². The third-order valence-electron chi connectivity index (χ3n) is 2.85. The van der Waals surface area contributed by atoms with E-state index in [1.165, 1.54) is 17.2 Å². The first-order valence-corrected chi connectivity index (χ1v) is 7.08. The molecule has 0 aliphatic carbocycles. The number of carboxylic acids is 1. The molecule has 0 aromatic rings. The first-order valence-electron chi connectivity index (χ1n) is 7.08. The topological polar surface area (TPSA) is 37.3 Å². The highest BCUT2D eigenvalue weighted by atomic mass is 16.4. The van der Waals surface area contributed by atoms with Gasteiger partial charge in [-0.3, -0.25) is 0 Å². The largest absolute Gasteiger partial charge is 0.478 e. The first kappa shape index (κ1) is 18.9. The van der Waals surface area contributed by atoms with Gasteiger partial charge in [0, 0.05) is 6.08 Å². The van der Waals surface area contributed by atoms with Crippen molar-refractivity contribution in [2.75, 3.05) is 0 Å². The summed E-state index contributed by atoms with van der Waals surface area (Å²) in [5.41, 5.74) is 3.49. The number of rotatable bonds is 8. The number of aliphatic carboxylic acids is 1. The van der Waals surface area contributed by atoms with Crippen LogP contribution in [0.25, 0.3) is 0 Å². The summed E-state index contributed by atoms with van der Waals surface area (Å²) in [5, 5.41) is 8.48. The van der Waals surface area contributed by atoms with E-state index in [0.29, 0.717) is 5.92 Å². The molecule has 0 fully saturated rings. The quantitative estimate of drug-likeness (QED) is 0.489. The molecule has 0 aliphatic rings. The van der Waals surface area contributed by atoms with Crippen molar-refractivity contribution < 1.29 is 9.90 Å². The Morgan fingerprint density at radius 2 is 1.71 bits per heavy atom. The molecule has 2 nitrogen and oxygen atoms in total. The van der Waals surface area contributed by atoms with Gasteiger partial charge in [0.15, 0.2) is 0 Å². The van der Waals surface area contributed by atoms with E-state index in [4.69, 9.17) is 5.11 Å². The highest BCUT2D eigenvalue weighted by Gasteiger charge is 1.96. The van der Waals surface area contributed by atoms with Crippen molar-refractivity contribution in [1.29, 1.82) is 0 Å². The molecule has 1 unspecified atom stereocenters. The lowest BCUT2D eigenvalue weighted by atomic mass is 10.0. The molecular formula is C19H26O2. The van der Waals surface area contributed by atoms with Crippen molar-refractivity contribution in [3.63, 3.8) is 0 Å². The van der Waals surface area contributed by atoms with Gasteiger partial charge in [-0.05, 0) is 33.1 Å². The first-order chi connectivity index (χ1) is 9.85. The molecule has 0 saturated carbocycles. The van der Waals surface area contributed by atoms with E-state index in [9.17, 15) is 4.79 Å². The Labute approximate surface area is 128 Å². The highest BCUT2D eigenvalue weighted by Crippen LogP contribution is 2.12. The maximum Gasteiger partial charge on any atom is 0.328 e. The van der Waals surface area contributed by atoms with Crippen LogP contribution in [-0.4, -0.2) is 11.1 Å². The van der Waals surface area contributed by atoms with E-state index < -0.39 is 5.97 Å². The summed E-state index contributed by atoms with van der Waals surface area (Å²) in [7, 11) is 0. The molecule has 0 amide bonds. The van der Waals surface area contributed by atoms with Gasteiger partial charge in [-0.2, -0.15) is 0 Å². The van der Waals surface area contributed by atoms with E-state index in [1.807, 2.05) is 19.1 Å². The fourth-order valence-electron chi connectivity index (χ4n) is 1.77. The van der Waals surface area contributed by atoms with Crippen LogP contribution in [0.3, 0.4) is 0 Å². The van der Waals surface area contributed by atoms with Crippen molar-refractivity contribution in [2.45, 2.75) is 34.1 Å². The van der Waals surface area contributed by atoms with E-state index in [-0.39, 0.29) is 0 Å².